The summed E-state index contributed by atoms with van der Waals surface area (Å²) in [5.74, 6) is 0.469. The van der Waals surface area contributed by atoms with Gasteiger partial charge in [0, 0.05) is 35.8 Å². The number of rotatable bonds is 5. The molecule has 0 unspecified atom stereocenters. The fourth-order valence-electron chi connectivity index (χ4n) is 3.55. The van der Waals surface area contributed by atoms with Crippen LogP contribution in [-0.4, -0.2) is 49.5 Å². The van der Waals surface area contributed by atoms with Gasteiger partial charge < -0.3 is 19.7 Å². The lowest BCUT2D eigenvalue weighted by molar-refractivity contribution is -0.115. The van der Waals surface area contributed by atoms with Crippen LogP contribution in [-0.2, 0) is 9.53 Å². The van der Waals surface area contributed by atoms with Crippen LogP contribution in [0, 0.1) is 0 Å². The maximum Gasteiger partial charge on any atom is 0.241 e. The molecule has 1 saturated heterocycles. The summed E-state index contributed by atoms with van der Waals surface area (Å²) in [4.78, 5) is 14.4. The second-order valence-corrected chi connectivity index (χ2v) is 6.84. The summed E-state index contributed by atoms with van der Waals surface area (Å²) in [6.45, 7) is 4.78. The minimum Gasteiger partial charge on any atom is -0.479 e. The Morgan fingerprint density at radius 2 is 1.90 bits per heavy atom. The highest BCUT2D eigenvalue weighted by molar-refractivity contribution is 5.99. The molecule has 29 heavy (non-hydrogen) atoms. The molecule has 1 aliphatic rings. The second-order valence-electron chi connectivity index (χ2n) is 6.84. The van der Waals surface area contributed by atoms with E-state index in [0.29, 0.717) is 25.5 Å². The van der Waals surface area contributed by atoms with E-state index in [-0.39, 0.29) is 5.91 Å². The Hall–Kier alpha value is -3.19. The molecule has 0 bridgehead atoms. The molecule has 1 fully saturated rings. The van der Waals surface area contributed by atoms with Gasteiger partial charge in [-0.2, -0.15) is 0 Å². The highest BCUT2D eigenvalue weighted by atomic mass is 16.5. The van der Waals surface area contributed by atoms with Gasteiger partial charge in [0.15, 0.2) is 0 Å². The zero-order valence-electron chi connectivity index (χ0n) is 16.6. The molecule has 1 aromatic heterocycles. The van der Waals surface area contributed by atoms with Crippen molar-refractivity contribution in [3.05, 3.63) is 42.5 Å². The molecule has 1 amide bonds. The van der Waals surface area contributed by atoms with Gasteiger partial charge in [-0.15, -0.1) is 10.2 Å². The maximum atomic E-state index is 12.2. The molecule has 0 saturated carbocycles. The molecule has 1 aliphatic heterocycles. The van der Waals surface area contributed by atoms with Crippen LogP contribution in [0.25, 0.3) is 22.0 Å². The van der Waals surface area contributed by atoms with Gasteiger partial charge in [-0.3, -0.25) is 4.79 Å². The van der Waals surface area contributed by atoms with Crippen LogP contribution in [0.3, 0.4) is 0 Å². The molecule has 3 aromatic rings. The number of hydrogen-bond acceptors (Lipinski definition) is 6. The van der Waals surface area contributed by atoms with E-state index in [1.54, 1.807) is 7.11 Å². The molecule has 2 aromatic carbocycles. The third kappa shape index (κ3) is 3.86. The van der Waals surface area contributed by atoms with Crippen molar-refractivity contribution in [2.75, 3.05) is 43.6 Å². The first-order chi connectivity index (χ1) is 14.2. The van der Waals surface area contributed by atoms with Gasteiger partial charge in [0.2, 0.25) is 11.8 Å². The molecule has 0 spiro atoms. The van der Waals surface area contributed by atoms with Crippen molar-refractivity contribution in [2.45, 2.75) is 13.3 Å². The van der Waals surface area contributed by atoms with Gasteiger partial charge >= 0.3 is 0 Å². The molecule has 150 valence electrons. The standard InChI is InChI=1S/C22H24N4O3/c1-3-20(27)23-18-14-15(8-9-19(18)26-10-12-29-13-11-26)21-16-6-4-5-7-17(16)22(28-2)25-24-21/h4-9,14H,3,10-13H2,1-2H3,(H,23,27). The lowest BCUT2D eigenvalue weighted by atomic mass is 10.0. The molecule has 7 nitrogen and oxygen atoms in total. The van der Waals surface area contributed by atoms with Crippen LogP contribution in [0.15, 0.2) is 42.5 Å². The monoisotopic (exact) mass is 392 g/mol. The summed E-state index contributed by atoms with van der Waals surface area (Å²) in [7, 11) is 1.59. The molecule has 0 atom stereocenters. The van der Waals surface area contributed by atoms with E-state index in [2.05, 4.69) is 20.4 Å². The first kappa shape index (κ1) is 19.1. The van der Waals surface area contributed by atoms with Gasteiger partial charge in [0.05, 0.1) is 31.7 Å². The lowest BCUT2D eigenvalue weighted by Gasteiger charge is -2.30. The van der Waals surface area contributed by atoms with E-state index in [0.717, 1.165) is 46.5 Å². The van der Waals surface area contributed by atoms with E-state index in [1.807, 2.05) is 49.4 Å². The fourth-order valence-corrected chi connectivity index (χ4v) is 3.55. The van der Waals surface area contributed by atoms with Gasteiger partial charge in [-0.25, -0.2) is 0 Å². The zero-order chi connectivity index (χ0) is 20.2. The van der Waals surface area contributed by atoms with Crippen molar-refractivity contribution >= 4 is 28.1 Å². The molecule has 7 heteroatoms. The maximum absolute atomic E-state index is 12.2. The number of nitrogens with one attached hydrogen (secondary N) is 1. The minimum absolute atomic E-state index is 0.0256. The Bertz CT molecular complexity index is 1030. The number of morpholine rings is 1. The van der Waals surface area contributed by atoms with Gasteiger partial charge in [-0.1, -0.05) is 31.2 Å². The lowest BCUT2D eigenvalue weighted by Crippen LogP contribution is -2.36. The Morgan fingerprint density at radius 1 is 1.14 bits per heavy atom. The highest BCUT2D eigenvalue weighted by Crippen LogP contribution is 2.35. The molecule has 4 rings (SSSR count). The number of benzene rings is 2. The van der Waals surface area contributed by atoms with E-state index in [4.69, 9.17) is 9.47 Å². The molecule has 0 aliphatic carbocycles. The van der Waals surface area contributed by atoms with Crippen LogP contribution in [0.2, 0.25) is 0 Å². The van der Waals surface area contributed by atoms with E-state index in [9.17, 15) is 4.79 Å². The summed E-state index contributed by atoms with van der Waals surface area (Å²) in [5, 5.41) is 13.5. The number of carbonyl (C=O) groups is 1. The Labute approximate surface area is 169 Å². The second kappa shape index (κ2) is 8.45. The predicted molar refractivity (Wildman–Crippen MR) is 113 cm³/mol. The van der Waals surface area contributed by atoms with Crippen LogP contribution in [0.5, 0.6) is 5.88 Å². The first-order valence-electron chi connectivity index (χ1n) is 9.77. The van der Waals surface area contributed by atoms with Crippen LogP contribution >= 0.6 is 0 Å². The topological polar surface area (TPSA) is 76.6 Å². The Balaban J connectivity index is 1.81. The van der Waals surface area contributed by atoms with Crippen LogP contribution < -0.4 is 15.0 Å². The smallest absolute Gasteiger partial charge is 0.241 e. The van der Waals surface area contributed by atoms with Gasteiger partial charge in [-0.05, 0) is 18.2 Å². The molecular weight excluding hydrogens is 368 g/mol. The molecule has 2 heterocycles. The Morgan fingerprint density at radius 3 is 2.62 bits per heavy atom. The number of hydrogen-bond donors (Lipinski definition) is 1. The number of ether oxygens (including phenoxy) is 2. The summed E-state index contributed by atoms with van der Waals surface area (Å²) in [6, 6.07) is 13.9. The zero-order valence-corrected chi connectivity index (χ0v) is 16.6. The van der Waals surface area contributed by atoms with Crippen molar-refractivity contribution in [3.63, 3.8) is 0 Å². The third-order valence-electron chi connectivity index (χ3n) is 5.06. The number of aromatic nitrogens is 2. The van der Waals surface area contributed by atoms with Crippen molar-refractivity contribution in [1.29, 1.82) is 0 Å². The normalized spacial score (nSPS) is 14.1. The number of methoxy groups -OCH3 is 1. The third-order valence-corrected chi connectivity index (χ3v) is 5.06. The van der Waals surface area contributed by atoms with Crippen LogP contribution in [0.4, 0.5) is 11.4 Å². The summed E-state index contributed by atoms with van der Waals surface area (Å²) in [6.07, 6.45) is 0.415. The Kier molecular flexibility index (Phi) is 5.57. The van der Waals surface area contributed by atoms with Gasteiger partial charge in [0.1, 0.15) is 5.69 Å². The molecule has 1 N–H and O–H groups in total. The number of anilines is 2. The van der Waals surface area contributed by atoms with Crippen LogP contribution in [0.1, 0.15) is 13.3 Å². The largest absolute Gasteiger partial charge is 0.479 e. The van der Waals surface area contributed by atoms with Crippen molar-refractivity contribution in [2.24, 2.45) is 0 Å². The first-order valence-corrected chi connectivity index (χ1v) is 9.77. The summed E-state index contributed by atoms with van der Waals surface area (Å²) in [5.41, 5.74) is 3.41. The predicted octanol–water partition coefficient (Wildman–Crippen LogP) is 3.49. The minimum atomic E-state index is -0.0256. The van der Waals surface area contributed by atoms with Gasteiger partial charge in [0.25, 0.3) is 0 Å². The number of nitrogens with zero attached hydrogens (tertiary/aromatic N) is 3. The number of fused-ring (bicyclic) bond motifs is 1. The molecular formula is C22H24N4O3. The van der Waals surface area contributed by atoms with E-state index >= 15 is 0 Å². The van der Waals surface area contributed by atoms with E-state index in [1.165, 1.54) is 0 Å². The average Bonchev–Trinajstić information content (AvgIpc) is 2.78. The molecule has 0 radical (unpaired) electrons. The number of carbonyl (C=O) groups excluding carboxylic acids is 1. The number of amides is 1. The van der Waals surface area contributed by atoms with Crippen molar-refractivity contribution in [1.82, 2.24) is 10.2 Å². The average molecular weight is 392 g/mol. The quantitative estimate of drug-likeness (QED) is 0.716. The highest BCUT2D eigenvalue weighted by Gasteiger charge is 2.18. The SMILES string of the molecule is CCC(=O)Nc1cc(-c2nnc(OC)c3ccccc23)ccc1N1CCOCC1. The van der Waals surface area contributed by atoms with E-state index < -0.39 is 0 Å². The fraction of sp³-hybridized carbons (Fsp3) is 0.318. The van der Waals surface area contributed by atoms with Crippen molar-refractivity contribution < 1.29 is 14.3 Å². The van der Waals surface area contributed by atoms with Crippen molar-refractivity contribution in [3.8, 4) is 17.1 Å². The summed E-state index contributed by atoms with van der Waals surface area (Å²) >= 11 is 0. The summed E-state index contributed by atoms with van der Waals surface area (Å²) < 4.78 is 10.8.